The second-order valence-electron chi connectivity index (χ2n) is 8.97. The molecule has 4 rings (SSSR count). The predicted molar refractivity (Wildman–Crippen MR) is 130 cm³/mol. The summed E-state index contributed by atoms with van der Waals surface area (Å²) in [4.78, 5) is 16.3. The molecule has 2 aromatic rings. The van der Waals surface area contributed by atoms with Crippen molar-refractivity contribution in [3.63, 3.8) is 0 Å². The summed E-state index contributed by atoms with van der Waals surface area (Å²) in [7, 11) is 1.45. The van der Waals surface area contributed by atoms with E-state index in [1.807, 2.05) is 0 Å². The van der Waals surface area contributed by atoms with Crippen molar-refractivity contribution in [1.82, 2.24) is 19.9 Å². The Morgan fingerprint density at radius 1 is 0.970 bits per heavy atom. The van der Waals surface area contributed by atoms with Gasteiger partial charge in [-0.1, -0.05) is 26.2 Å². The van der Waals surface area contributed by atoms with Crippen LogP contribution in [-0.2, 0) is 0 Å². The van der Waals surface area contributed by atoms with Crippen LogP contribution in [0.3, 0.4) is 0 Å². The van der Waals surface area contributed by atoms with Gasteiger partial charge in [0.25, 0.3) is 0 Å². The number of halogens is 1. The zero-order chi connectivity index (χ0) is 23.0. The van der Waals surface area contributed by atoms with Gasteiger partial charge in [0.1, 0.15) is 0 Å². The summed E-state index contributed by atoms with van der Waals surface area (Å²) in [5.41, 5.74) is 0.650. The molecule has 1 aliphatic carbocycles. The fraction of sp³-hybridized carbons (Fsp3) is 0.625. The average molecular weight is 458 g/mol. The zero-order valence-corrected chi connectivity index (χ0v) is 19.7. The quantitative estimate of drug-likeness (QED) is 0.475. The number of benzene rings is 1. The fourth-order valence-corrected chi connectivity index (χ4v) is 4.84. The van der Waals surface area contributed by atoms with Crippen LogP contribution in [0.15, 0.2) is 18.2 Å². The minimum Gasteiger partial charge on any atom is -0.494 e. The highest BCUT2D eigenvalue weighted by atomic mass is 19.1. The summed E-state index contributed by atoms with van der Waals surface area (Å²) in [6.45, 7) is 6.06. The van der Waals surface area contributed by atoms with Gasteiger partial charge in [-0.25, -0.2) is 4.39 Å². The first-order valence-electron chi connectivity index (χ1n) is 12.2. The van der Waals surface area contributed by atoms with Gasteiger partial charge in [-0.05, 0) is 56.8 Å². The van der Waals surface area contributed by atoms with E-state index in [1.54, 1.807) is 12.1 Å². The molecule has 0 radical (unpaired) electrons. The van der Waals surface area contributed by atoms with Crippen LogP contribution in [0.25, 0.3) is 0 Å². The van der Waals surface area contributed by atoms with Gasteiger partial charge in [-0.2, -0.15) is 15.0 Å². The summed E-state index contributed by atoms with van der Waals surface area (Å²) in [5, 5.41) is 10.0. The van der Waals surface area contributed by atoms with Gasteiger partial charge in [-0.15, -0.1) is 0 Å². The molecule has 2 aliphatic rings. The molecule has 1 atom stereocenters. The number of hydrogen-bond acceptors (Lipinski definition) is 8. The molecule has 2 heterocycles. The van der Waals surface area contributed by atoms with Crippen molar-refractivity contribution in [1.29, 1.82) is 0 Å². The third kappa shape index (κ3) is 6.43. The lowest BCUT2D eigenvalue weighted by atomic mass is 9.89. The highest BCUT2D eigenvalue weighted by molar-refractivity contribution is 5.58. The Morgan fingerprint density at radius 2 is 1.70 bits per heavy atom. The molecule has 9 heteroatoms. The van der Waals surface area contributed by atoms with Crippen molar-refractivity contribution in [3.05, 3.63) is 24.0 Å². The van der Waals surface area contributed by atoms with Gasteiger partial charge in [0.15, 0.2) is 11.6 Å². The Bertz CT molecular complexity index is 906. The second kappa shape index (κ2) is 11.4. The van der Waals surface area contributed by atoms with E-state index in [0.29, 0.717) is 35.5 Å². The number of nitrogens with one attached hydrogen (secondary N) is 3. The number of hydrogen-bond donors (Lipinski definition) is 3. The van der Waals surface area contributed by atoms with E-state index < -0.39 is 5.82 Å². The highest BCUT2D eigenvalue weighted by Gasteiger charge is 2.23. The van der Waals surface area contributed by atoms with Gasteiger partial charge < -0.3 is 20.7 Å². The van der Waals surface area contributed by atoms with Crippen molar-refractivity contribution >= 4 is 23.5 Å². The molecule has 1 aliphatic heterocycles. The number of anilines is 4. The summed E-state index contributed by atoms with van der Waals surface area (Å²) in [6, 6.07) is 5.09. The van der Waals surface area contributed by atoms with Crippen LogP contribution in [-0.4, -0.2) is 59.2 Å². The number of rotatable bonds is 10. The maximum absolute atomic E-state index is 13.8. The molecule has 33 heavy (non-hydrogen) atoms. The van der Waals surface area contributed by atoms with Gasteiger partial charge >= 0.3 is 0 Å². The number of likely N-dealkylation sites (tertiary alicyclic amines) is 1. The standard InChI is InChI=1S/C24H36FN7O/c1-3-32-13-7-10-19(32)16-27-23-29-22(26-15-17-8-5-4-6-9-17)30-24(31-23)28-18-11-12-20(25)21(14-18)33-2/h11-12,14,17,19H,3-10,13,15-16H2,1-2H3,(H3,26,27,28,29,30,31). The Kier molecular flexibility index (Phi) is 8.15. The highest BCUT2D eigenvalue weighted by Crippen LogP contribution is 2.26. The third-order valence-electron chi connectivity index (χ3n) is 6.72. The van der Waals surface area contributed by atoms with E-state index in [9.17, 15) is 4.39 Å². The van der Waals surface area contributed by atoms with Crippen LogP contribution < -0.4 is 20.7 Å². The molecule has 1 aromatic carbocycles. The first-order chi connectivity index (χ1) is 16.1. The molecule has 1 saturated carbocycles. The van der Waals surface area contributed by atoms with E-state index in [1.165, 1.54) is 58.1 Å². The van der Waals surface area contributed by atoms with Crippen LogP contribution in [0.5, 0.6) is 5.75 Å². The average Bonchev–Trinajstić information content (AvgIpc) is 3.31. The summed E-state index contributed by atoms with van der Waals surface area (Å²) in [6.07, 6.45) is 8.83. The van der Waals surface area contributed by atoms with E-state index in [4.69, 9.17) is 4.74 Å². The minimum absolute atomic E-state index is 0.170. The number of ether oxygens (including phenoxy) is 1. The molecular formula is C24H36FN7O. The number of likely N-dealkylation sites (N-methyl/N-ethyl adjacent to an activating group) is 1. The normalized spacial score (nSPS) is 19.4. The summed E-state index contributed by atoms with van der Waals surface area (Å²) >= 11 is 0. The van der Waals surface area contributed by atoms with Crippen LogP contribution in [0.1, 0.15) is 51.9 Å². The monoisotopic (exact) mass is 457 g/mol. The maximum Gasteiger partial charge on any atom is 0.233 e. The molecule has 3 N–H and O–H groups in total. The fourth-order valence-electron chi connectivity index (χ4n) is 4.84. The minimum atomic E-state index is -0.409. The number of aromatic nitrogens is 3. The molecule has 1 aromatic heterocycles. The number of methoxy groups -OCH3 is 1. The van der Waals surface area contributed by atoms with Gasteiger partial charge in [-0.3, -0.25) is 4.90 Å². The van der Waals surface area contributed by atoms with Crippen molar-refractivity contribution in [2.75, 3.05) is 49.2 Å². The number of nitrogens with zero attached hydrogens (tertiary/aromatic N) is 4. The molecule has 8 nitrogen and oxygen atoms in total. The van der Waals surface area contributed by atoms with Gasteiger partial charge in [0.2, 0.25) is 17.8 Å². The van der Waals surface area contributed by atoms with Gasteiger partial charge in [0.05, 0.1) is 7.11 Å². The first kappa shape index (κ1) is 23.5. The Morgan fingerprint density at radius 3 is 2.42 bits per heavy atom. The van der Waals surface area contributed by atoms with Crippen LogP contribution in [0, 0.1) is 11.7 Å². The molecule has 0 bridgehead atoms. The van der Waals surface area contributed by atoms with E-state index in [2.05, 4.69) is 42.7 Å². The Labute approximate surface area is 195 Å². The SMILES string of the molecule is CCN1CCCC1CNc1nc(NCC2CCCCC2)nc(Nc2ccc(F)c(OC)c2)n1. The van der Waals surface area contributed by atoms with E-state index in [-0.39, 0.29) is 5.75 Å². The van der Waals surface area contributed by atoms with E-state index in [0.717, 1.165) is 26.2 Å². The van der Waals surface area contributed by atoms with Crippen molar-refractivity contribution in [2.45, 2.75) is 57.9 Å². The second-order valence-corrected chi connectivity index (χ2v) is 8.97. The topological polar surface area (TPSA) is 87.2 Å². The Hall–Kier alpha value is -2.68. The lowest BCUT2D eigenvalue weighted by Crippen LogP contribution is -2.35. The third-order valence-corrected chi connectivity index (χ3v) is 6.72. The summed E-state index contributed by atoms with van der Waals surface area (Å²) < 4.78 is 18.9. The van der Waals surface area contributed by atoms with Crippen molar-refractivity contribution < 1.29 is 9.13 Å². The summed E-state index contributed by atoms with van der Waals surface area (Å²) in [5.74, 6) is 1.91. The lowest BCUT2D eigenvalue weighted by molar-refractivity contribution is 0.277. The van der Waals surface area contributed by atoms with Gasteiger partial charge in [0, 0.05) is 30.9 Å². The maximum atomic E-state index is 13.8. The Balaban J connectivity index is 1.48. The van der Waals surface area contributed by atoms with E-state index >= 15 is 0 Å². The van der Waals surface area contributed by atoms with Crippen molar-refractivity contribution in [3.8, 4) is 5.75 Å². The molecule has 2 fully saturated rings. The molecule has 1 saturated heterocycles. The van der Waals surface area contributed by atoms with Crippen molar-refractivity contribution in [2.24, 2.45) is 5.92 Å². The first-order valence-corrected chi connectivity index (χ1v) is 12.2. The van der Waals surface area contributed by atoms with Crippen LogP contribution in [0.2, 0.25) is 0 Å². The molecule has 1 unspecified atom stereocenters. The molecule has 0 spiro atoms. The lowest BCUT2D eigenvalue weighted by Gasteiger charge is -2.23. The molecule has 180 valence electrons. The smallest absolute Gasteiger partial charge is 0.233 e. The predicted octanol–water partition coefficient (Wildman–Crippen LogP) is 4.65. The molecular weight excluding hydrogens is 421 g/mol. The zero-order valence-electron chi connectivity index (χ0n) is 19.7. The van der Waals surface area contributed by atoms with Crippen LogP contribution in [0.4, 0.5) is 27.9 Å². The van der Waals surface area contributed by atoms with Crippen LogP contribution >= 0.6 is 0 Å². The largest absolute Gasteiger partial charge is 0.494 e. The molecule has 0 amide bonds.